The molecular formula is C27H24F2N6O2. The molecule has 0 radical (unpaired) electrons. The lowest BCUT2D eigenvalue weighted by molar-refractivity contribution is 0.0956. The number of halogens is 2. The molecule has 0 aliphatic heterocycles. The molecule has 4 aromatic rings. The van der Waals surface area contributed by atoms with Gasteiger partial charge in [-0.1, -0.05) is 17.9 Å². The zero-order chi connectivity index (χ0) is 26.5. The third-order valence-electron chi connectivity index (χ3n) is 5.38. The molecule has 2 heterocycles. The Balaban J connectivity index is 1.46. The summed E-state index contributed by atoms with van der Waals surface area (Å²) in [4.78, 5) is 33.6. The van der Waals surface area contributed by atoms with Crippen molar-refractivity contribution in [1.29, 1.82) is 0 Å². The number of benzene rings is 2. The van der Waals surface area contributed by atoms with Gasteiger partial charge in [0, 0.05) is 23.2 Å². The van der Waals surface area contributed by atoms with E-state index in [9.17, 15) is 18.4 Å². The lowest BCUT2D eigenvalue weighted by Crippen LogP contribution is -2.33. The summed E-state index contributed by atoms with van der Waals surface area (Å²) in [5.74, 6) is 3.20. The highest BCUT2D eigenvalue weighted by Crippen LogP contribution is 2.29. The monoisotopic (exact) mass is 502 g/mol. The van der Waals surface area contributed by atoms with E-state index in [1.54, 1.807) is 6.20 Å². The van der Waals surface area contributed by atoms with Crippen LogP contribution in [-0.4, -0.2) is 33.0 Å². The minimum absolute atomic E-state index is 0.0132. The molecule has 0 fully saturated rings. The van der Waals surface area contributed by atoms with Crippen LogP contribution in [0, 0.1) is 23.5 Å². The van der Waals surface area contributed by atoms with Gasteiger partial charge in [-0.05, 0) is 49.7 Å². The van der Waals surface area contributed by atoms with Gasteiger partial charge in [-0.2, -0.15) is 0 Å². The molecule has 2 aromatic heterocycles. The van der Waals surface area contributed by atoms with E-state index in [2.05, 4.69) is 32.4 Å². The average Bonchev–Trinajstić information content (AvgIpc) is 2.87. The second kappa shape index (κ2) is 10.9. The van der Waals surface area contributed by atoms with Crippen molar-refractivity contribution >= 4 is 28.2 Å². The molecule has 0 spiro atoms. The molecule has 8 nitrogen and oxygen atoms in total. The SMILES string of the molecule is CC(C)Nc1c(N)cnc2ccc(C#CCNC(=O)c3cncn(Cc4ccc(F)c(F)c4)c3=O)cc12. The molecule has 0 saturated heterocycles. The molecular weight excluding hydrogens is 478 g/mol. The second-order valence-corrected chi connectivity index (χ2v) is 8.59. The molecule has 2 aromatic carbocycles. The smallest absolute Gasteiger partial charge is 0.266 e. The molecule has 0 atom stereocenters. The predicted octanol–water partition coefficient (Wildman–Crippen LogP) is 3.30. The fourth-order valence-corrected chi connectivity index (χ4v) is 3.66. The summed E-state index contributed by atoms with van der Waals surface area (Å²) >= 11 is 0. The van der Waals surface area contributed by atoms with E-state index in [1.165, 1.54) is 12.4 Å². The van der Waals surface area contributed by atoms with Crippen LogP contribution in [0.4, 0.5) is 20.2 Å². The number of nitrogens with two attached hydrogens (primary N) is 1. The van der Waals surface area contributed by atoms with E-state index in [4.69, 9.17) is 5.73 Å². The van der Waals surface area contributed by atoms with E-state index in [0.717, 1.165) is 39.5 Å². The van der Waals surface area contributed by atoms with Gasteiger partial charge in [0.05, 0.1) is 42.5 Å². The fourth-order valence-electron chi connectivity index (χ4n) is 3.66. The molecule has 0 saturated carbocycles. The Labute approximate surface area is 211 Å². The molecule has 1 amide bonds. The number of nitrogen functional groups attached to an aromatic ring is 1. The van der Waals surface area contributed by atoms with Crippen molar-refractivity contribution in [1.82, 2.24) is 19.9 Å². The zero-order valence-electron chi connectivity index (χ0n) is 20.2. The van der Waals surface area contributed by atoms with Crippen LogP contribution in [0.2, 0.25) is 0 Å². The van der Waals surface area contributed by atoms with Crippen LogP contribution in [0.1, 0.15) is 35.3 Å². The average molecular weight is 503 g/mol. The Bertz CT molecular complexity index is 1600. The minimum Gasteiger partial charge on any atom is -0.396 e. The molecule has 4 N–H and O–H groups in total. The molecule has 0 unspecified atom stereocenters. The third kappa shape index (κ3) is 5.90. The van der Waals surface area contributed by atoms with Gasteiger partial charge in [-0.3, -0.25) is 19.1 Å². The van der Waals surface area contributed by atoms with Gasteiger partial charge in [-0.15, -0.1) is 0 Å². The fraction of sp³-hybridized carbons (Fsp3) is 0.185. The number of nitrogens with one attached hydrogen (secondary N) is 2. The predicted molar refractivity (Wildman–Crippen MR) is 138 cm³/mol. The highest BCUT2D eigenvalue weighted by molar-refractivity contribution is 5.97. The van der Waals surface area contributed by atoms with E-state index < -0.39 is 23.1 Å². The quantitative estimate of drug-likeness (QED) is 0.349. The van der Waals surface area contributed by atoms with Crippen molar-refractivity contribution in [3.8, 4) is 11.8 Å². The lowest BCUT2D eigenvalue weighted by atomic mass is 10.1. The number of hydrogen-bond acceptors (Lipinski definition) is 6. The molecule has 0 aliphatic rings. The van der Waals surface area contributed by atoms with Crippen LogP contribution >= 0.6 is 0 Å². The molecule has 0 bridgehead atoms. The van der Waals surface area contributed by atoms with Crippen molar-refractivity contribution in [3.63, 3.8) is 0 Å². The Kier molecular flexibility index (Phi) is 7.44. The Morgan fingerprint density at radius 3 is 2.70 bits per heavy atom. The number of nitrogens with zero attached hydrogens (tertiary/aromatic N) is 3. The van der Waals surface area contributed by atoms with Crippen molar-refractivity contribution in [2.45, 2.75) is 26.4 Å². The van der Waals surface area contributed by atoms with Crippen molar-refractivity contribution in [3.05, 3.63) is 93.8 Å². The normalized spacial score (nSPS) is 10.7. The Morgan fingerprint density at radius 1 is 1.14 bits per heavy atom. The number of anilines is 2. The summed E-state index contributed by atoms with van der Waals surface area (Å²) in [5, 5.41) is 6.75. The first-order chi connectivity index (χ1) is 17.7. The maximum atomic E-state index is 13.5. The van der Waals surface area contributed by atoms with Crippen LogP contribution in [-0.2, 0) is 6.54 Å². The van der Waals surface area contributed by atoms with Gasteiger partial charge in [0.1, 0.15) is 5.56 Å². The van der Waals surface area contributed by atoms with E-state index in [0.29, 0.717) is 16.8 Å². The summed E-state index contributed by atoms with van der Waals surface area (Å²) < 4.78 is 27.8. The first-order valence-corrected chi connectivity index (χ1v) is 11.4. The van der Waals surface area contributed by atoms with Crippen LogP contribution in [0.3, 0.4) is 0 Å². The number of carbonyl (C=O) groups is 1. The summed E-state index contributed by atoms with van der Waals surface area (Å²) in [5.41, 5.74) is 8.44. The third-order valence-corrected chi connectivity index (χ3v) is 5.38. The highest BCUT2D eigenvalue weighted by atomic mass is 19.2. The summed E-state index contributed by atoms with van der Waals surface area (Å²) in [7, 11) is 0. The van der Waals surface area contributed by atoms with Gasteiger partial charge in [0.2, 0.25) is 0 Å². The first kappa shape index (κ1) is 25.3. The Morgan fingerprint density at radius 2 is 1.95 bits per heavy atom. The van der Waals surface area contributed by atoms with Gasteiger partial charge in [0.15, 0.2) is 11.6 Å². The summed E-state index contributed by atoms with van der Waals surface area (Å²) in [6, 6.07) is 9.02. The number of aromatic nitrogens is 3. The molecule has 10 heteroatoms. The van der Waals surface area contributed by atoms with Crippen LogP contribution in [0.15, 0.2) is 59.9 Å². The van der Waals surface area contributed by atoms with Gasteiger partial charge in [0.25, 0.3) is 11.5 Å². The number of hydrogen-bond donors (Lipinski definition) is 3. The van der Waals surface area contributed by atoms with Gasteiger partial charge >= 0.3 is 0 Å². The van der Waals surface area contributed by atoms with Gasteiger partial charge in [-0.25, -0.2) is 13.8 Å². The van der Waals surface area contributed by atoms with Crippen LogP contribution < -0.4 is 21.9 Å². The number of rotatable bonds is 6. The lowest BCUT2D eigenvalue weighted by Gasteiger charge is -2.15. The number of carbonyl (C=O) groups excluding carboxylic acids is 1. The largest absolute Gasteiger partial charge is 0.396 e. The van der Waals surface area contributed by atoms with E-state index in [-0.39, 0.29) is 24.7 Å². The van der Waals surface area contributed by atoms with Crippen molar-refractivity contribution < 1.29 is 13.6 Å². The molecule has 37 heavy (non-hydrogen) atoms. The van der Waals surface area contributed by atoms with Crippen LogP contribution in [0.25, 0.3) is 10.9 Å². The summed E-state index contributed by atoms with van der Waals surface area (Å²) in [6.45, 7) is 3.94. The molecule has 4 rings (SSSR count). The highest BCUT2D eigenvalue weighted by Gasteiger charge is 2.13. The standard InChI is InChI=1S/C27H24F2N6O2/c1-16(2)34-25-19-10-17(6-8-24(19)33-13-23(25)30)4-3-9-32-26(36)20-12-31-15-35(27(20)37)14-18-5-7-21(28)22(29)11-18/h5-8,10-13,15-16H,9,14,30H2,1-2H3,(H,32,36)(H,33,34). The topological polar surface area (TPSA) is 115 Å². The van der Waals surface area contributed by atoms with Crippen molar-refractivity contribution in [2.24, 2.45) is 0 Å². The molecule has 0 aliphatic carbocycles. The maximum absolute atomic E-state index is 13.5. The minimum atomic E-state index is -1.02. The first-order valence-electron chi connectivity index (χ1n) is 11.4. The molecule has 188 valence electrons. The zero-order valence-corrected chi connectivity index (χ0v) is 20.2. The van der Waals surface area contributed by atoms with Crippen molar-refractivity contribution in [2.75, 3.05) is 17.6 Å². The van der Waals surface area contributed by atoms with Gasteiger partial charge < -0.3 is 16.4 Å². The number of amides is 1. The maximum Gasteiger partial charge on any atom is 0.266 e. The van der Waals surface area contributed by atoms with Crippen LogP contribution in [0.5, 0.6) is 0 Å². The second-order valence-electron chi connectivity index (χ2n) is 8.59. The van der Waals surface area contributed by atoms with E-state index >= 15 is 0 Å². The number of fused-ring (bicyclic) bond motifs is 1. The summed E-state index contributed by atoms with van der Waals surface area (Å²) in [6.07, 6.45) is 3.99. The number of pyridine rings is 1. The van der Waals surface area contributed by atoms with E-state index in [1.807, 2.05) is 32.0 Å². The Hall–Kier alpha value is -4.78.